The number of imidazole rings is 1. The minimum Gasteiger partial charge on any atom is -0.313 e. The van der Waals surface area contributed by atoms with Crippen LogP contribution in [-0.4, -0.2) is 29.5 Å². The standard InChI is InChI=1S/C23H15F3N6O2/c24-23(25,26)17-7-12(6-11-2-1-3-27-19(11)17)13-8-14(13)15-9-18(31-32-5-4-28-20(15)32)16-10-29-22(34)30-21(16)33/h1-7,9-10,13-14H,8H2,(H2,29,30,33,34)/t13-,14?/m1/s1. The molecule has 1 unspecified atom stereocenters. The number of nitrogens with one attached hydrogen (secondary N) is 2. The van der Waals surface area contributed by atoms with E-state index in [1.807, 2.05) is 0 Å². The number of halogens is 3. The van der Waals surface area contributed by atoms with Gasteiger partial charge in [-0.1, -0.05) is 6.07 Å². The van der Waals surface area contributed by atoms with Crippen molar-refractivity contribution in [3.05, 3.63) is 92.6 Å². The highest BCUT2D eigenvalue weighted by Gasteiger charge is 2.43. The summed E-state index contributed by atoms with van der Waals surface area (Å²) in [5.41, 5.74) is 0.343. The summed E-state index contributed by atoms with van der Waals surface area (Å²) in [7, 11) is 0. The predicted molar refractivity (Wildman–Crippen MR) is 117 cm³/mol. The predicted octanol–water partition coefficient (Wildman–Crippen LogP) is 3.61. The minimum atomic E-state index is -4.53. The monoisotopic (exact) mass is 464 g/mol. The van der Waals surface area contributed by atoms with Crippen LogP contribution in [-0.2, 0) is 6.18 Å². The third-order valence-corrected chi connectivity index (χ3v) is 6.13. The molecule has 2 N–H and O–H groups in total. The Kier molecular flexibility index (Phi) is 4.25. The van der Waals surface area contributed by atoms with Crippen molar-refractivity contribution in [1.29, 1.82) is 0 Å². The average molecular weight is 464 g/mol. The maximum atomic E-state index is 13.8. The molecule has 1 fully saturated rings. The Hall–Kier alpha value is -4.28. The van der Waals surface area contributed by atoms with Crippen molar-refractivity contribution in [2.45, 2.75) is 24.4 Å². The Morgan fingerprint density at radius 2 is 1.91 bits per heavy atom. The molecule has 34 heavy (non-hydrogen) atoms. The first-order chi connectivity index (χ1) is 16.3. The Morgan fingerprint density at radius 3 is 2.71 bits per heavy atom. The van der Waals surface area contributed by atoms with E-state index in [2.05, 4.69) is 25.0 Å². The van der Waals surface area contributed by atoms with E-state index in [-0.39, 0.29) is 22.9 Å². The van der Waals surface area contributed by atoms with Gasteiger partial charge in [0.2, 0.25) is 0 Å². The summed E-state index contributed by atoms with van der Waals surface area (Å²) >= 11 is 0. The van der Waals surface area contributed by atoms with Gasteiger partial charge in [0.1, 0.15) is 0 Å². The Labute approximate surface area is 188 Å². The molecule has 11 heteroatoms. The van der Waals surface area contributed by atoms with Gasteiger partial charge in [-0.2, -0.15) is 18.3 Å². The average Bonchev–Trinajstić information content (AvgIpc) is 3.45. The van der Waals surface area contributed by atoms with Crippen molar-refractivity contribution in [2.75, 3.05) is 0 Å². The summed E-state index contributed by atoms with van der Waals surface area (Å²) in [6.45, 7) is 0. The lowest BCUT2D eigenvalue weighted by atomic mass is 9.99. The van der Waals surface area contributed by atoms with Gasteiger partial charge in [-0.15, -0.1) is 0 Å². The van der Waals surface area contributed by atoms with Crippen molar-refractivity contribution in [1.82, 2.24) is 29.5 Å². The number of aromatic amines is 2. The molecule has 0 amide bonds. The number of hydrogen-bond acceptors (Lipinski definition) is 5. The van der Waals surface area contributed by atoms with Gasteiger partial charge in [0, 0.05) is 35.7 Å². The molecule has 0 spiro atoms. The highest BCUT2D eigenvalue weighted by Crippen LogP contribution is 2.56. The van der Waals surface area contributed by atoms with Crippen LogP contribution in [0.1, 0.15) is 34.9 Å². The van der Waals surface area contributed by atoms with Crippen molar-refractivity contribution in [3.8, 4) is 11.3 Å². The van der Waals surface area contributed by atoms with Crippen molar-refractivity contribution in [2.24, 2.45) is 0 Å². The molecule has 6 rings (SSSR count). The number of aromatic nitrogens is 6. The van der Waals surface area contributed by atoms with E-state index in [1.54, 1.807) is 36.7 Å². The molecule has 170 valence electrons. The first kappa shape index (κ1) is 20.3. The van der Waals surface area contributed by atoms with Crippen LogP contribution in [0.4, 0.5) is 13.2 Å². The van der Waals surface area contributed by atoms with Gasteiger partial charge in [0.25, 0.3) is 5.56 Å². The molecule has 0 aliphatic heterocycles. The quantitative estimate of drug-likeness (QED) is 0.424. The van der Waals surface area contributed by atoms with Crippen LogP contribution < -0.4 is 11.2 Å². The molecule has 4 heterocycles. The Morgan fingerprint density at radius 1 is 1.06 bits per heavy atom. The van der Waals surface area contributed by atoms with Crippen LogP contribution in [0.3, 0.4) is 0 Å². The topological polar surface area (TPSA) is 109 Å². The van der Waals surface area contributed by atoms with Gasteiger partial charge >= 0.3 is 11.9 Å². The fraction of sp³-hybridized carbons (Fsp3) is 0.174. The van der Waals surface area contributed by atoms with Crippen LogP contribution in [0.2, 0.25) is 0 Å². The van der Waals surface area contributed by atoms with Crippen LogP contribution >= 0.6 is 0 Å². The van der Waals surface area contributed by atoms with Gasteiger partial charge < -0.3 is 4.98 Å². The molecular formula is C23H15F3N6O2. The van der Waals surface area contributed by atoms with Crippen molar-refractivity contribution >= 4 is 16.6 Å². The maximum Gasteiger partial charge on any atom is 0.418 e. The Balaban J connectivity index is 1.46. The van der Waals surface area contributed by atoms with Crippen molar-refractivity contribution in [3.63, 3.8) is 0 Å². The van der Waals surface area contributed by atoms with E-state index >= 15 is 0 Å². The first-order valence-corrected chi connectivity index (χ1v) is 10.4. The van der Waals surface area contributed by atoms with Gasteiger partial charge in [-0.25, -0.2) is 14.3 Å². The summed E-state index contributed by atoms with van der Waals surface area (Å²) in [5.74, 6) is -0.265. The molecule has 8 nitrogen and oxygen atoms in total. The van der Waals surface area contributed by atoms with Gasteiger partial charge in [0.05, 0.1) is 22.3 Å². The summed E-state index contributed by atoms with van der Waals surface area (Å²) in [6.07, 6.45) is 1.92. The van der Waals surface area contributed by atoms with E-state index in [4.69, 9.17) is 0 Å². The molecule has 0 bridgehead atoms. The number of nitrogens with zero attached hydrogens (tertiary/aromatic N) is 4. The molecule has 0 saturated heterocycles. The third-order valence-electron chi connectivity index (χ3n) is 6.13. The van der Waals surface area contributed by atoms with Crippen molar-refractivity contribution < 1.29 is 13.2 Å². The molecule has 2 atom stereocenters. The fourth-order valence-electron chi connectivity index (χ4n) is 4.50. The number of pyridine rings is 1. The molecule has 0 radical (unpaired) electrons. The van der Waals surface area contributed by atoms with E-state index in [9.17, 15) is 22.8 Å². The van der Waals surface area contributed by atoms with E-state index in [1.165, 1.54) is 23.0 Å². The smallest absolute Gasteiger partial charge is 0.313 e. The number of alkyl halides is 3. The fourth-order valence-corrected chi connectivity index (χ4v) is 4.50. The lowest BCUT2D eigenvalue weighted by Crippen LogP contribution is -2.23. The van der Waals surface area contributed by atoms with Gasteiger partial charge in [-0.05, 0) is 48.1 Å². The van der Waals surface area contributed by atoms with E-state index in [0.29, 0.717) is 28.7 Å². The third kappa shape index (κ3) is 3.28. The highest BCUT2D eigenvalue weighted by molar-refractivity contribution is 5.83. The zero-order valence-electron chi connectivity index (χ0n) is 17.3. The van der Waals surface area contributed by atoms with E-state index < -0.39 is 23.0 Å². The second-order valence-electron chi connectivity index (χ2n) is 8.26. The molecule has 1 aliphatic rings. The SMILES string of the molecule is O=c1[nH]cc(-c2cc(C3C[C@@H]3c3cc(C(F)(F)F)c4ncccc4c3)c3nccn3n2)c(=O)[nH]1. The largest absolute Gasteiger partial charge is 0.418 e. The lowest BCUT2D eigenvalue weighted by molar-refractivity contribution is -0.136. The Bertz CT molecular complexity index is 1700. The number of hydrogen-bond donors (Lipinski definition) is 2. The second kappa shape index (κ2) is 7.11. The van der Waals surface area contributed by atoms with Crippen LogP contribution in [0.15, 0.2) is 64.7 Å². The van der Waals surface area contributed by atoms with Gasteiger partial charge in [-0.3, -0.25) is 14.8 Å². The van der Waals surface area contributed by atoms with Crippen LogP contribution in [0, 0.1) is 0 Å². The molecule has 1 aliphatic carbocycles. The normalized spacial score (nSPS) is 18.0. The summed E-state index contributed by atoms with van der Waals surface area (Å²) in [4.78, 5) is 36.6. The minimum absolute atomic E-state index is 0.0740. The summed E-state index contributed by atoms with van der Waals surface area (Å²) in [6, 6.07) is 7.88. The van der Waals surface area contributed by atoms with Gasteiger partial charge in [0.15, 0.2) is 5.65 Å². The second-order valence-corrected chi connectivity index (χ2v) is 8.26. The molecular weight excluding hydrogens is 449 g/mol. The zero-order valence-corrected chi connectivity index (χ0v) is 17.3. The van der Waals surface area contributed by atoms with Crippen LogP contribution in [0.5, 0.6) is 0 Å². The first-order valence-electron chi connectivity index (χ1n) is 10.4. The molecule has 5 aromatic rings. The molecule has 1 saturated carbocycles. The number of rotatable bonds is 3. The number of H-pyrrole nitrogens is 2. The molecule has 4 aromatic heterocycles. The molecule has 1 aromatic carbocycles. The maximum absolute atomic E-state index is 13.8. The highest BCUT2D eigenvalue weighted by atomic mass is 19.4. The number of benzene rings is 1. The zero-order chi connectivity index (χ0) is 23.6. The lowest BCUT2D eigenvalue weighted by Gasteiger charge is -2.13. The summed E-state index contributed by atoms with van der Waals surface area (Å²) < 4.78 is 42.8. The van der Waals surface area contributed by atoms with E-state index in [0.717, 1.165) is 5.56 Å². The van der Waals surface area contributed by atoms with Crippen LogP contribution in [0.25, 0.3) is 27.8 Å². The summed E-state index contributed by atoms with van der Waals surface area (Å²) in [5, 5.41) is 4.84. The number of fused-ring (bicyclic) bond motifs is 2.